The Bertz CT molecular complexity index is 662. The summed E-state index contributed by atoms with van der Waals surface area (Å²) in [5.74, 6) is 1.40. The number of rotatable bonds is 0. The molecule has 4 heterocycles. The van der Waals surface area contributed by atoms with Gasteiger partial charge in [0.2, 0.25) is 5.91 Å². The Morgan fingerprint density at radius 1 is 1.27 bits per heavy atom. The lowest BCUT2D eigenvalue weighted by Gasteiger charge is -2.46. The van der Waals surface area contributed by atoms with Crippen LogP contribution >= 0.6 is 0 Å². The molecule has 2 saturated heterocycles. The third kappa shape index (κ3) is 1.37. The van der Waals surface area contributed by atoms with E-state index < -0.39 is 0 Å². The molecule has 1 aliphatic carbocycles. The van der Waals surface area contributed by atoms with Gasteiger partial charge in [0.05, 0.1) is 17.5 Å². The van der Waals surface area contributed by atoms with Crippen molar-refractivity contribution in [3.05, 3.63) is 35.5 Å². The number of carbonyl (C=O) groups is 1. The summed E-state index contributed by atoms with van der Waals surface area (Å²) in [5.41, 5.74) is 2.56. The Morgan fingerprint density at radius 3 is 3.00 bits per heavy atom. The van der Waals surface area contributed by atoms with Crippen molar-refractivity contribution in [1.82, 2.24) is 9.80 Å². The number of β-lactam (4-membered cyclic amide) rings is 1. The van der Waals surface area contributed by atoms with Crippen molar-refractivity contribution in [2.45, 2.75) is 57.1 Å². The minimum atomic E-state index is -0.368. The first kappa shape index (κ1) is 12.8. The predicted octanol–water partition coefficient (Wildman–Crippen LogP) is 3.24. The molecule has 2 unspecified atom stereocenters. The van der Waals surface area contributed by atoms with Crippen LogP contribution in [0, 0.1) is 5.41 Å². The zero-order chi connectivity index (χ0) is 14.9. The van der Waals surface area contributed by atoms with E-state index in [4.69, 9.17) is 4.74 Å². The Balaban J connectivity index is 1.66. The maximum atomic E-state index is 11.8. The van der Waals surface area contributed by atoms with Crippen LogP contribution in [0.25, 0.3) is 0 Å². The highest BCUT2D eigenvalue weighted by atomic mass is 16.5. The lowest BCUT2D eigenvalue weighted by Crippen LogP contribution is -2.61. The molecule has 0 aromatic rings. The van der Waals surface area contributed by atoms with Gasteiger partial charge in [-0.15, -0.1) is 0 Å². The molecule has 0 aromatic heterocycles. The third-order valence-electron chi connectivity index (χ3n) is 6.31. The van der Waals surface area contributed by atoms with Crippen LogP contribution < -0.4 is 0 Å². The molecule has 2 atom stereocenters. The minimum Gasteiger partial charge on any atom is -0.469 e. The average molecular weight is 298 g/mol. The van der Waals surface area contributed by atoms with Gasteiger partial charge in [0.25, 0.3) is 0 Å². The van der Waals surface area contributed by atoms with Crippen LogP contribution in [0.5, 0.6) is 0 Å². The molecule has 0 aromatic carbocycles. The van der Waals surface area contributed by atoms with Crippen LogP contribution in [0.2, 0.25) is 0 Å². The highest BCUT2D eigenvalue weighted by molar-refractivity contribution is 5.84. The van der Waals surface area contributed by atoms with Crippen molar-refractivity contribution >= 4 is 5.91 Å². The van der Waals surface area contributed by atoms with Crippen molar-refractivity contribution in [3.63, 3.8) is 0 Å². The number of fused-ring (bicyclic) bond motifs is 1. The van der Waals surface area contributed by atoms with Crippen LogP contribution in [-0.4, -0.2) is 28.5 Å². The van der Waals surface area contributed by atoms with Crippen molar-refractivity contribution in [2.75, 3.05) is 7.05 Å². The number of carbonyl (C=O) groups excluding carboxylic acids is 1. The van der Waals surface area contributed by atoms with Crippen LogP contribution in [0.4, 0.5) is 0 Å². The van der Waals surface area contributed by atoms with E-state index in [2.05, 4.69) is 23.4 Å². The van der Waals surface area contributed by atoms with Gasteiger partial charge in [-0.3, -0.25) is 4.79 Å². The number of ether oxygens (including phenoxy) is 1. The summed E-state index contributed by atoms with van der Waals surface area (Å²) in [6.45, 7) is 0. The molecule has 0 radical (unpaired) electrons. The van der Waals surface area contributed by atoms with Crippen molar-refractivity contribution < 1.29 is 9.53 Å². The summed E-state index contributed by atoms with van der Waals surface area (Å²) in [5, 5.41) is 0. The lowest BCUT2D eigenvalue weighted by atomic mass is 9.64. The fourth-order valence-corrected chi connectivity index (χ4v) is 5.04. The minimum absolute atomic E-state index is 0.0736. The molecule has 3 fully saturated rings. The SMILES string of the molecule is CN1C(=O)CC12CC13CCCCC1=CN1C=CCCC1=C3O2. The molecule has 4 nitrogen and oxygen atoms in total. The molecule has 5 aliphatic rings. The van der Waals surface area contributed by atoms with Gasteiger partial charge in [0.1, 0.15) is 5.76 Å². The van der Waals surface area contributed by atoms with E-state index in [1.54, 1.807) is 0 Å². The largest absolute Gasteiger partial charge is 0.469 e. The van der Waals surface area contributed by atoms with E-state index in [-0.39, 0.29) is 17.0 Å². The number of likely N-dealkylation sites (tertiary alicyclic amines) is 1. The van der Waals surface area contributed by atoms with Crippen LogP contribution in [-0.2, 0) is 9.53 Å². The summed E-state index contributed by atoms with van der Waals surface area (Å²) in [4.78, 5) is 15.9. The van der Waals surface area contributed by atoms with E-state index in [1.807, 2.05) is 11.9 Å². The van der Waals surface area contributed by atoms with Crippen molar-refractivity contribution in [1.29, 1.82) is 0 Å². The topological polar surface area (TPSA) is 32.8 Å². The van der Waals surface area contributed by atoms with Gasteiger partial charge in [-0.1, -0.05) is 12.5 Å². The van der Waals surface area contributed by atoms with Crippen molar-refractivity contribution in [2.24, 2.45) is 5.41 Å². The second kappa shape index (κ2) is 3.98. The monoisotopic (exact) mass is 298 g/mol. The lowest BCUT2D eigenvalue weighted by molar-refractivity contribution is -0.190. The van der Waals surface area contributed by atoms with Gasteiger partial charge in [-0.25, -0.2) is 0 Å². The molecule has 2 spiro atoms. The summed E-state index contributed by atoms with van der Waals surface area (Å²) < 4.78 is 6.57. The van der Waals surface area contributed by atoms with Gasteiger partial charge in [-0.2, -0.15) is 0 Å². The molecular formula is C18H22N2O2. The standard InChI is InChI=1S/C18H22N2O2/c1-19-15(21)10-18(19)12-17-8-4-2-6-13(17)11-20-9-5-3-7-14(20)16(17)22-18/h5,9,11H,2-4,6-8,10,12H2,1H3. The third-order valence-corrected chi connectivity index (χ3v) is 6.31. The summed E-state index contributed by atoms with van der Waals surface area (Å²) >= 11 is 0. The maximum absolute atomic E-state index is 11.8. The molecule has 4 aliphatic heterocycles. The molecule has 0 N–H and O–H groups in total. The zero-order valence-electron chi connectivity index (χ0n) is 13.1. The predicted molar refractivity (Wildman–Crippen MR) is 82.0 cm³/mol. The number of amides is 1. The molecule has 1 amide bonds. The Hall–Kier alpha value is -1.71. The smallest absolute Gasteiger partial charge is 0.231 e. The first-order valence-electron chi connectivity index (χ1n) is 8.50. The van der Waals surface area contributed by atoms with Crippen molar-refractivity contribution in [3.8, 4) is 0 Å². The van der Waals surface area contributed by atoms with Gasteiger partial charge in [0, 0.05) is 25.9 Å². The zero-order valence-corrected chi connectivity index (χ0v) is 13.1. The summed E-state index contributed by atoms with van der Waals surface area (Å²) in [7, 11) is 1.90. The average Bonchev–Trinajstić information content (AvgIpc) is 2.89. The quantitative estimate of drug-likeness (QED) is 0.644. The van der Waals surface area contributed by atoms with E-state index in [9.17, 15) is 4.79 Å². The van der Waals surface area contributed by atoms with Gasteiger partial charge in [0.15, 0.2) is 5.72 Å². The molecule has 5 rings (SSSR count). The maximum Gasteiger partial charge on any atom is 0.231 e. The van der Waals surface area contributed by atoms with E-state index in [0.29, 0.717) is 6.42 Å². The normalized spacial score (nSPS) is 39.1. The molecule has 22 heavy (non-hydrogen) atoms. The van der Waals surface area contributed by atoms with Gasteiger partial charge in [-0.05, 0) is 37.7 Å². The Labute approximate surface area is 131 Å². The molecule has 4 heteroatoms. The fourth-order valence-electron chi connectivity index (χ4n) is 5.04. The molecule has 116 valence electrons. The Morgan fingerprint density at radius 2 is 2.18 bits per heavy atom. The second-order valence-corrected chi connectivity index (χ2v) is 7.40. The number of allylic oxidation sites excluding steroid dienone is 3. The highest BCUT2D eigenvalue weighted by Crippen LogP contribution is 2.64. The highest BCUT2D eigenvalue weighted by Gasteiger charge is 2.65. The fraction of sp³-hybridized carbons (Fsp3) is 0.611. The van der Waals surface area contributed by atoms with E-state index >= 15 is 0 Å². The number of hydrogen-bond donors (Lipinski definition) is 0. The van der Waals surface area contributed by atoms with Crippen LogP contribution in [0.15, 0.2) is 35.5 Å². The summed E-state index contributed by atoms with van der Waals surface area (Å²) in [6.07, 6.45) is 15.3. The first-order valence-corrected chi connectivity index (χ1v) is 8.50. The van der Waals surface area contributed by atoms with Crippen LogP contribution in [0.3, 0.4) is 0 Å². The first-order chi connectivity index (χ1) is 10.6. The molecule has 1 saturated carbocycles. The molecular weight excluding hydrogens is 276 g/mol. The van der Waals surface area contributed by atoms with Gasteiger partial charge < -0.3 is 14.5 Å². The number of hydrogen-bond acceptors (Lipinski definition) is 3. The van der Waals surface area contributed by atoms with Crippen LogP contribution in [0.1, 0.15) is 51.4 Å². The Kier molecular flexibility index (Phi) is 2.31. The number of nitrogens with zero attached hydrogens (tertiary/aromatic N) is 2. The van der Waals surface area contributed by atoms with Gasteiger partial charge >= 0.3 is 0 Å². The van der Waals surface area contributed by atoms with E-state index in [1.165, 1.54) is 36.3 Å². The molecule has 0 bridgehead atoms. The second-order valence-electron chi connectivity index (χ2n) is 7.40. The van der Waals surface area contributed by atoms with E-state index in [0.717, 1.165) is 25.7 Å². The summed E-state index contributed by atoms with van der Waals surface area (Å²) in [6, 6.07) is 0.